The van der Waals surface area contributed by atoms with Gasteiger partial charge in [0.15, 0.2) is 0 Å². The summed E-state index contributed by atoms with van der Waals surface area (Å²) in [5.41, 5.74) is 0. The van der Waals surface area contributed by atoms with Gasteiger partial charge >= 0.3 is 0 Å². The minimum Gasteiger partial charge on any atom is -0.319 e. The summed E-state index contributed by atoms with van der Waals surface area (Å²) < 4.78 is 1.96. The minimum absolute atomic E-state index is 0.958. The van der Waals surface area contributed by atoms with Gasteiger partial charge in [0.05, 0.1) is 0 Å². The Morgan fingerprint density at radius 2 is 1.90 bits per heavy atom. The first-order chi connectivity index (χ1) is 4.79. The molecule has 0 aliphatic heterocycles. The molecule has 0 radical (unpaired) electrons. The zero-order chi connectivity index (χ0) is 7.40. The lowest BCUT2D eigenvalue weighted by Gasteiger charge is -2.08. The van der Waals surface area contributed by atoms with Gasteiger partial charge in [-0.05, 0) is 14.1 Å². The van der Waals surface area contributed by atoms with Gasteiger partial charge in [-0.3, -0.25) is 0 Å². The van der Waals surface area contributed by atoms with E-state index in [1.807, 2.05) is 18.7 Å². The Labute approximate surface area is 60.5 Å². The van der Waals surface area contributed by atoms with Gasteiger partial charge in [-0.1, -0.05) is 0 Å². The van der Waals surface area contributed by atoms with Gasteiger partial charge in [0.1, 0.15) is 12.7 Å². The van der Waals surface area contributed by atoms with E-state index in [9.17, 15) is 0 Å². The molecule has 0 fully saturated rings. The van der Waals surface area contributed by atoms with Crippen molar-refractivity contribution in [2.45, 2.75) is 6.54 Å². The van der Waals surface area contributed by atoms with Gasteiger partial charge in [0.2, 0.25) is 0 Å². The first kappa shape index (κ1) is 7.21. The number of hydrogen-bond donors (Lipinski definition) is 0. The number of rotatable bonds is 3. The fourth-order valence-corrected chi connectivity index (χ4v) is 0.653. The molecule has 56 valence electrons. The summed E-state index contributed by atoms with van der Waals surface area (Å²) >= 11 is 0. The second-order valence-electron chi connectivity index (χ2n) is 2.50. The van der Waals surface area contributed by atoms with Crippen molar-refractivity contribution in [3.63, 3.8) is 0 Å². The number of hydrogen-bond acceptors (Lipinski definition) is 3. The third-order valence-electron chi connectivity index (χ3n) is 1.27. The summed E-state index contributed by atoms with van der Waals surface area (Å²) in [7, 11) is 4.09. The molecule has 4 nitrogen and oxygen atoms in total. The molecule has 0 saturated carbocycles. The van der Waals surface area contributed by atoms with Crippen LogP contribution >= 0.6 is 0 Å². The van der Waals surface area contributed by atoms with Crippen molar-refractivity contribution in [3.05, 3.63) is 12.7 Å². The molecule has 1 rings (SSSR count). The maximum atomic E-state index is 3.69. The number of aromatic nitrogens is 3. The summed E-state index contributed by atoms with van der Waals surface area (Å²) in [6, 6.07) is 0. The highest BCUT2D eigenvalue weighted by atomic mass is 15.2. The van der Waals surface area contributed by atoms with Crippen LogP contribution in [0, 0.1) is 0 Å². The van der Waals surface area contributed by atoms with Crippen molar-refractivity contribution in [2.24, 2.45) is 0 Å². The van der Waals surface area contributed by atoms with Gasteiger partial charge in [0.25, 0.3) is 0 Å². The molecule has 0 aromatic carbocycles. The molecule has 0 N–H and O–H groups in total. The minimum atomic E-state index is 0.958. The molecule has 0 atom stereocenters. The summed E-state index contributed by atoms with van der Waals surface area (Å²) in [4.78, 5) is 2.12. The molecular weight excluding hydrogens is 128 g/mol. The average Bonchev–Trinajstić information content (AvgIpc) is 2.34. The highest BCUT2D eigenvalue weighted by Crippen LogP contribution is 1.83. The lowest BCUT2D eigenvalue weighted by Crippen LogP contribution is -2.17. The van der Waals surface area contributed by atoms with Crippen molar-refractivity contribution in [1.82, 2.24) is 19.7 Å². The first-order valence-corrected chi connectivity index (χ1v) is 3.26. The Balaban J connectivity index is 2.28. The maximum absolute atomic E-state index is 3.69. The summed E-state index contributed by atoms with van der Waals surface area (Å²) in [6.45, 7) is 1.98. The van der Waals surface area contributed by atoms with Crippen LogP contribution in [0.5, 0.6) is 0 Å². The number of likely N-dealkylation sites (N-methyl/N-ethyl adjacent to an activating group) is 1. The third kappa shape index (κ3) is 2.14. The second-order valence-corrected chi connectivity index (χ2v) is 2.50. The van der Waals surface area contributed by atoms with E-state index in [2.05, 4.69) is 15.1 Å². The number of nitrogens with zero attached hydrogens (tertiary/aromatic N) is 4. The van der Waals surface area contributed by atoms with E-state index in [0.29, 0.717) is 0 Å². The van der Waals surface area contributed by atoms with Crippen LogP contribution < -0.4 is 0 Å². The third-order valence-corrected chi connectivity index (χ3v) is 1.27. The summed E-state index contributed by atoms with van der Waals surface area (Å²) in [5.74, 6) is 0. The normalized spacial score (nSPS) is 10.7. The Morgan fingerprint density at radius 1 is 1.30 bits per heavy atom. The van der Waals surface area contributed by atoms with Crippen LogP contribution in [0.15, 0.2) is 12.7 Å². The molecule has 0 spiro atoms. The predicted octanol–water partition coefficient (Wildman–Crippen LogP) is -0.160. The molecule has 0 saturated heterocycles. The Morgan fingerprint density at radius 3 is 2.40 bits per heavy atom. The van der Waals surface area contributed by atoms with E-state index < -0.39 is 0 Å². The van der Waals surface area contributed by atoms with E-state index in [1.165, 1.54) is 0 Å². The molecule has 0 aliphatic carbocycles. The van der Waals surface area contributed by atoms with E-state index in [4.69, 9.17) is 0 Å². The molecule has 4 heteroatoms. The molecular formula is C6H12N4. The lowest BCUT2D eigenvalue weighted by molar-refractivity contribution is 0.383. The predicted molar refractivity (Wildman–Crippen MR) is 38.6 cm³/mol. The van der Waals surface area contributed by atoms with Crippen LogP contribution in [0.3, 0.4) is 0 Å². The van der Waals surface area contributed by atoms with Gasteiger partial charge in [-0.2, -0.15) is 0 Å². The molecule has 1 heterocycles. The van der Waals surface area contributed by atoms with Crippen LogP contribution in [-0.4, -0.2) is 40.3 Å². The van der Waals surface area contributed by atoms with Crippen molar-refractivity contribution < 1.29 is 0 Å². The maximum Gasteiger partial charge on any atom is 0.119 e. The molecule has 1 aromatic heterocycles. The van der Waals surface area contributed by atoms with E-state index in [-0.39, 0.29) is 0 Å². The smallest absolute Gasteiger partial charge is 0.119 e. The van der Waals surface area contributed by atoms with Crippen LogP contribution in [0.4, 0.5) is 0 Å². The van der Waals surface area contributed by atoms with Crippen LogP contribution in [-0.2, 0) is 6.54 Å². The molecule has 0 aliphatic rings. The highest BCUT2D eigenvalue weighted by molar-refractivity contribution is 4.60. The monoisotopic (exact) mass is 140 g/mol. The largest absolute Gasteiger partial charge is 0.319 e. The van der Waals surface area contributed by atoms with Crippen molar-refractivity contribution in [3.8, 4) is 0 Å². The fourth-order valence-electron chi connectivity index (χ4n) is 0.653. The standard InChI is InChI=1S/C6H12N4/c1-9(2)3-4-10-5-7-8-6-10/h5-6H,3-4H2,1-2H3. The second kappa shape index (κ2) is 3.31. The van der Waals surface area contributed by atoms with Gasteiger partial charge < -0.3 is 9.47 Å². The van der Waals surface area contributed by atoms with E-state index in [0.717, 1.165) is 13.1 Å². The Bertz CT molecular complexity index is 168. The van der Waals surface area contributed by atoms with Crippen LogP contribution in [0.25, 0.3) is 0 Å². The van der Waals surface area contributed by atoms with Crippen molar-refractivity contribution >= 4 is 0 Å². The quantitative estimate of drug-likeness (QED) is 0.585. The highest BCUT2D eigenvalue weighted by Gasteiger charge is 1.90. The molecule has 1 aromatic rings. The molecule has 0 amide bonds. The fraction of sp³-hybridized carbons (Fsp3) is 0.667. The zero-order valence-corrected chi connectivity index (χ0v) is 6.36. The Kier molecular flexibility index (Phi) is 2.39. The average molecular weight is 140 g/mol. The van der Waals surface area contributed by atoms with Crippen LogP contribution in [0.2, 0.25) is 0 Å². The van der Waals surface area contributed by atoms with Crippen molar-refractivity contribution in [1.29, 1.82) is 0 Å². The van der Waals surface area contributed by atoms with Gasteiger partial charge in [-0.25, -0.2) is 0 Å². The SMILES string of the molecule is CN(C)CCn1cnnc1. The molecule has 0 unspecified atom stereocenters. The summed E-state index contributed by atoms with van der Waals surface area (Å²) in [5, 5.41) is 7.39. The zero-order valence-electron chi connectivity index (χ0n) is 6.36. The lowest BCUT2D eigenvalue weighted by atomic mass is 10.6. The van der Waals surface area contributed by atoms with Crippen LogP contribution in [0.1, 0.15) is 0 Å². The Hall–Kier alpha value is -0.900. The molecule has 10 heavy (non-hydrogen) atoms. The van der Waals surface area contributed by atoms with E-state index >= 15 is 0 Å². The van der Waals surface area contributed by atoms with Gasteiger partial charge in [0, 0.05) is 13.1 Å². The van der Waals surface area contributed by atoms with Gasteiger partial charge in [-0.15, -0.1) is 10.2 Å². The summed E-state index contributed by atoms with van der Waals surface area (Å²) in [6.07, 6.45) is 3.45. The van der Waals surface area contributed by atoms with Crippen molar-refractivity contribution in [2.75, 3.05) is 20.6 Å². The molecule has 0 bridgehead atoms. The first-order valence-electron chi connectivity index (χ1n) is 3.26. The van der Waals surface area contributed by atoms with E-state index in [1.54, 1.807) is 12.7 Å². The topological polar surface area (TPSA) is 34.0 Å².